The van der Waals surface area contributed by atoms with Crippen molar-refractivity contribution < 1.29 is 70.1 Å². The Bertz CT molecular complexity index is 2900. The summed E-state index contributed by atoms with van der Waals surface area (Å²) in [5, 5.41) is 23.9. The number of hydrogen-bond donors (Lipinski definition) is 2. The van der Waals surface area contributed by atoms with Crippen LogP contribution >= 0.6 is 24.0 Å². The number of likely N-dealkylation sites (tertiary alicyclic amines) is 2. The molecule has 4 fully saturated rings. The molecule has 4 atom stereocenters. The van der Waals surface area contributed by atoms with Gasteiger partial charge in [0.1, 0.15) is 40.3 Å². The third-order valence-electron chi connectivity index (χ3n) is 13.9. The number of pyridine rings is 1. The van der Waals surface area contributed by atoms with Crippen LogP contribution in [0.3, 0.4) is 0 Å². The van der Waals surface area contributed by atoms with Gasteiger partial charge in [0, 0.05) is 60.3 Å². The second kappa shape index (κ2) is 29.1. The van der Waals surface area contributed by atoms with Gasteiger partial charge in [-0.25, -0.2) is 19.4 Å². The second-order valence-electron chi connectivity index (χ2n) is 26.8. The molecule has 25 heteroatoms. The summed E-state index contributed by atoms with van der Waals surface area (Å²) in [6.45, 7) is 31.4. The first-order chi connectivity index (χ1) is 38.7. The number of carboxylic acids is 1. The summed E-state index contributed by atoms with van der Waals surface area (Å²) in [7, 11) is 0. The SMILES string of the molecule is CC(C)(C)OC(=O)N1CCC[C@H]1C(=O)Cc1cc(C(C)(C)C)on1.CC(C)(C)OC(=O)N1CCC[C@H]1C(=O)O.CC(C)(C)c1cc(CC(=O)[C@@H]2CCCN2)no1.CC(C)(C)c1cc(CC(=O)[C@@H]2CCCN2c2ncc(C(F)(F)F)cc2Cl)no1.Cl. The average molecular weight is 1240 g/mol. The number of anilines is 1. The minimum Gasteiger partial charge on any atom is -0.480 e. The van der Waals surface area contributed by atoms with Gasteiger partial charge >= 0.3 is 24.3 Å². The number of carbonyl (C=O) groups excluding carboxylic acids is 5. The first kappa shape index (κ1) is 71.4. The van der Waals surface area contributed by atoms with Crippen molar-refractivity contribution in [1.29, 1.82) is 0 Å². The minimum atomic E-state index is -4.52. The predicted octanol–water partition coefficient (Wildman–Crippen LogP) is 12.0. The van der Waals surface area contributed by atoms with Gasteiger partial charge in [-0.3, -0.25) is 24.2 Å². The fourth-order valence-electron chi connectivity index (χ4n) is 9.45. The number of Topliss-reactive ketones (excluding diaryl/α,β-unsaturated/α-hetero) is 3. The molecule has 8 rings (SSSR count). The van der Waals surface area contributed by atoms with Crippen molar-refractivity contribution >= 4 is 65.3 Å². The molecule has 0 aliphatic carbocycles. The Balaban J connectivity index is 0.000000249. The molecule has 0 unspecified atom stereocenters. The molecule has 0 spiro atoms. The van der Waals surface area contributed by atoms with Gasteiger partial charge in [-0.15, -0.1) is 12.4 Å². The van der Waals surface area contributed by atoms with Gasteiger partial charge in [0.05, 0.1) is 65.1 Å². The quantitative estimate of drug-likeness (QED) is 0.141. The number of ether oxygens (including phenoxy) is 2. The molecule has 4 aromatic heterocycles. The van der Waals surface area contributed by atoms with Gasteiger partial charge in [0.2, 0.25) is 0 Å². The van der Waals surface area contributed by atoms with E-state index in [1.54, 1.807) is 36.6 Å². The Hall–Kier alpha value is -6.07. The van der Waals surface area contributed by atoms with Crippen molar-refractivity contribution in [3.05, 3.63) is 75.4 Å². The fourth-order valence-corrected chi connectivity index (χ4v) is 9.73. The van der Waals surface area contributed by atoms with Crippen molar-refractivity contribution in [2.75, 3.05) is 31.1 Å². The first-order valence-corrected chi connectivity index (χ1v) is 29.0. The molecule has 8 heterocycles. The monoisotopic (exact) mass is 1240 g/mol. The third-order valence-corrected chi connectivity index (χ3v) is 14.2. The largest absolute Gasteiger partial charge is 0.480 e. The summed E-state index contributed by atoms with van der Waals surface area (Å²) >= 11 is 6.06. The molecule has 0 saturated carbocycles. The van der Waals surface area contributed by atoms with E-state index in [4.69, 9.17) is 39.8 Å². The molecule has 474 valence electrons. The summed E-state index contributed by atoms with van der Waals surface area (Å²) in [4.78, 5) is 80.5. The maximum Gasteiger partial charge on any atom is 0.417 e. The normalized spacial score (nSPS) is 19.2. The van der Waals surface area contributed by atoms with Crippen molar-refractivity contribution in [1.82, 2.24) is 35.6 Å². The highest BCUT2D eigenvalue weighted by Crippen LogP contribution is 2.37. The van der Waals surface area contributed by atoms with Crippen LogP contribution < -0.4 is 10.2 Å². The van der Waals surface area contributed by atoms with Gasteiger partial charge in [0.25, 0.3) is 0 Å². The van der Waals surface area contributed by atoms with E-state index < -0.39 is 59.2 Å². The molecule has 2 amide bonds. The maximum absolute atomic E-state index is 12.8. The van der Waals surface area contributed by atoms with Gasteiger partial charge < -0.3 is 38.4 Å². The highest BCUT2D eigenvalue weighted by atomic mass is 35.5. The van der Waals surface area contributed by atoms with Gasteiger partial charge in [-0.05, 0) is 106 Å². The Morgan fingerprint density at radius 1 is 0.588 bits per heavy atom. The van der Waals surface area contributed by atoms with E-state index in [1.165, 1.54) is 4.90 Å². The van der Waals surface area contributed by atoms with Crippen LogP contribution in [0.5, 0.6) is 0 Å². The summed E-state index contributed by atoms with van der Waals surface area (Å²) < 4.78 is 64.9. The number of alkyl halides is 3. The summed E-state index contributed by atoms with van der Waals surface area (Å²) in [5.74, 6) is 1.61. The lowest BCUT2D eigenvalue weighted by molar-refractivity contribution is -0.142. The summed E-state index contributed by atoms with van der Waals surface area (Å²) in [6.07, 6.45) is 1.94. The number of carbonyl (C=O) groups is 6. The molecule has 0 bridgehead atoms. The molecule has 4 aliphatic heterocycles. The van der Waals surface area contributed by atoms with Gasteiger partial charge in [-0.2, -0.15) is 13.2 Å². The van der Waals surface area contributed by atoms with Gasteiger partial charge in [-0.1, -0.05) is 89.4 Å². The van der Waals surface area contributed by atoms with E-state index in [1.807, 2.05) is 74.4 Å². The van der Waals surface area contributed by atoms with Crippen molar-refractivity contribution in [2.45, 2.75) is 232 Å². The molecule has 20 nitrogen and oxygen atoms in total. The number of ketones is 3. The van der Waals surface area contributed by atoms with Crippen LogP contribution in [0.15, 0.2) is 44.0 Å². The highest BCUT2D eigenvalue weighted by Gasteiger charge is 2.40. The lowest BCUT2D eigenvalue weighted by Crippen LogP contribution is -2.43. The highest BCUT2D eigenvalue weighted by molar-refractivity contribution is 6.33. The lowest BCUT2D eigenvalue weighted by atomic mass is 9.93. The van der Waals surface area contributed by atoms with Crippen molar-refractivity contribution in [3.63, 3.8) is 0 Å². The number of nitrogens with zero attached hydrogens (tertiary/aromatic N) is 7. The summed E-state index contributed by atoms with van der Waals surface area (Å²) in [6, 6.07) is 4.69. The number of nitrogens with one attached hydrogen (secondary N) is 1. The Morgan fingerprint density at radius 2 is 0.988 bits per heavy atom. The van der Waals surface area contributed by atoms with E-state index in [9.17, 15) is 41.9 Å². The van der Waals surface area contributed by atoms with Crippen LogP contribution in [0.4, 0.5) is 28.6 Å². The zero-order valence-corrected chi connectivity index (χ0v) is 53.4. The van der Waals surface area contributed by atoms with Gasteiger partial charge in [0.15, 0.2) is 17.3 Å². The Morgan fingerprint density at radius 3 is 1.36 bits per heavy atom. The minimum absolute atomic E-state index is 0. The number of amides is 2. The second-order valence-corrected chi connectivity index (χ2v) is 27.2. The number of halogens is 5. The summed E-state index contributed by atoms with van der Waals surface area (Å²) in [5.41, 5.74) is -0.595. The topological polar surface area (TPSA) is 254 Å². The molecule has 0 aromatic carbocycles. The van der Waals surface area contributed by atoms with Crippen molar-refractivity contribution in [2.24, 2.45) is 0 Å². The number of carboxylic acid groups (broad SMARTS) is 1. The zero-order chi connectivity index (χ0) is 62.9. The van der Waals surface area contributed by atoms with Crippen LogP contribution in [-0.2, 0) is 70.3 Å². The van der Waals surface area contributed by atoms with E-state index in [0.29, 0.717) is 62.5 Å². The molecule has 85 heavy (non-hydrogen) atoms. The number of aliphatic carboxylic acids is 1. The standard InChI is InChI=1S/C19H21ClF3N3O2.C18H28N2O4.C13H20N2O2.C10H17NO4.ClH/c1-18(2,3)16-9-12(25-28-16)8-15(27)14-5-4-6-26(14)17-13(20)7-11(10-24-17)19(21,22)23;1-17(2,3)15-11-12(19-24-15)10-14(21)13-8-7-9-20(13)16(22)23-18(4,5)6;1-13(2,3)12-8-9(15-17-12)7-11(16)10-5-4-6-14-10;1-10(2,3)15-9(14)11-6-4-5-7(11)8(12)13;/h7,9-10,14H,4-6,8H2,1-3H3;11,13H,7-10H2,1-6H3;8,10,14H,4-7H2,1-3H3;7H,4-6H2,1-3H3,(H,12,13);1H/t14-;13-;10-;7-;/m0000./s1. The fraction of sp³-hybridized carbons (Fsp3) is 0.667. The van der Waals surface area contributed by atoms with Crippen LogP contribution in [0.1, 0.15) is 195 Å². The molecule has 4 saturated heterocycles. The smallest absolute Gasteiger partial charge is 0.417 e. The zero-order valence-electron chi connectivity index (χ0n) is 51.8. The molecule has 2 N–H and O–H groups in total. The van der Waals surface area contributed by atoms with E-state index in [-0.39, 0.29) is 75.7 Å². The first-order valence-electron chi connectivity index (χ1n) is 28.6. The molecular weight excluding hydrogens is 1150 g/mol. The van der Waals surface area contributed by atoms with Crippen LogP contribution in [-0.4, -0.2) is 132 Å². The van der Waals surface area contributed by atoms with E-state index in [0.717, 1.165) is 68.1 Å². The molecular formula is C60H87Cl2F3N8O12. The Kier molecular flexibility index (Phi) is 24.4. The molecule has 0 radical (unpaired) electrons. The third kappa shape index (κ3) is 21.4. The molecule has 4 aliphatic rings. The maximum atomic E-state index is 12.8. The lowest BCUT2D eigenvalue weighted by Gasteiger charge is -2.27. The Labute approximate surface area is 507 Å². The van der Waals surface area contributed by atoms with Crippen LogP contribution in [0.2, 0.25) is 5.02 Å². The van der Waals surface area contributed by atoms with E-state index in [2.05, 4.69) is 46.5 Å². The van der Waals surface area contributed by atoms with Crippen molar-refractivity contribution in [3.8, 4) is 0 Å². The molecule has 4 aromatic rings. The van der Waals surface area contributed by atoms with Crippen LogP contribution in [0, 0.1) is 0 Å². The number of hydrogen-bond acceptors (Lipinski definition) is 17. The van der Waals surface area contributed by atoms with E-state index >= 15 is 0 Å². The number of aromatic nitrogens is 4. The predicted molar refractivity (Wildman–Crippen MR) is 314 cm³/mol. The van der Waals surface area contributed by atoms with Crippen LogP contribution in [0.25, 0.3) is 0 Å². The average Bonchev–Trinajstić information content (AvgIpc) is 2.89. The number of rotatable bonds is 11.